The van der Waals surface area contributed by atoms with E-state index in [0.717, 1.165) is 43.9 Å². The highest BCUT2D eigenvalue weighted by molar-refractivity contribution is 7.11. The number of likely N-dealkylation sites (tertiary alicyclic amines) is 1. The smallest absolute Gasteiger partial charge is 0.234 e. The van der Waals surface area contributed by atoms with Gasteiger partial charge in [0.25, 0.3) is 0 Å². The zero-order valence-corrected chi connectivity index (χ0v) is 14.6. The fourth-order valence-electron chi connectivity index (χ4n) is 3.19. The van der Waals surface area contributed by atoms with E-state index in [1.165, 1.54) is 9.75 Å². The molecule has 6 nitrogen and oxygen atoms in total. The lowest BCUT2D eigenvalue weighted by atomic mass is 10.2. The second kappa shape index (κ2) is 6.64. The lowest BCUT2D eigenvalue weighted by Crippen LogP contribution is -2.36. The summed E-state index contributed by atoms with van der Waals surface area (Å²) in [5.74, 6) is 2.04. The molecule has 1 saturated heterocycles. The van der Waals surface area contributed by atoms with E-state index in [-0.39, 0.29) is 11.9 Å². The number of rotatable bonds is 6. The molecule has 128 valence electrons. The van der Waals surface area contributed by atoms with E-state index in [2.05, 4.69) is 39.4 Å². The van der Waals surface area contributed by atoms with E-state index in [0.29, 0.717) is 19.0 Å². The molecule has 2 aromatic rings. The predicted molar refractivity (Wildman–Crippen MR) is 90.7 cm³/mol. The third-order valence-corrected chi connectivity index (χ3v) is 5.65. The number of amides is 1. The first-order chi connectivity index (χ1) is 11.7. The van der Waals surface area contributed by atoms with Gasteiger partial charge in [-0.1, -0.05) is 5.16 Å². The summed E-state index contributed by atoms with van der Waals surface area (Å²) in [6.07, 6.45) is 4.36. The number of nitrogens with zero attached hydrogens (tertiary/aromatic N) is 3. The van der Waals surface area contributed by atoms with Crippen LogP contribution in [0.2, 0.25) is 0 Å². The summed E-state index contributed by atoms with van der Waals surface area (Å²) in [4.78, 5) is 21.4. The van der Waals surface area contributed by atoms with Crippen LogP contribution in [0.3, 0.4) is 0 Å². The Labute approximate surface area is 145 Å². The van der Waals surface area contributed by atoms with Crippen molar-refractivity contribution in [1.29, 1.82) is 0 Å². The van der Waals surface area contributed by atoms with Crippen molar-refractivity contribution in [3.8, 4) is 0 Å². The van der Waals surface area contributed by atoms with Gasteiger partial charge in [-0.3, -0.25) is 9.69 Å². The van der Waals surface area contributed by atoms with Gasteiger partial charge in [-0.05, 0) is 51.3 Å². The largest absolute Gasteiger partial charge is 0.350 e. The van der Waals surface area contributed by atoms with Crippen molar-refractivity contribution in [3.63, 3.8) is 0 Å². The first-order valence-electron chi connectivity index (χ1n) is 8.58. The second-order valence-corrected chi connectivity index (χ2v) is 8.06. The van der Waals surface area contributed by atoms with Gasteiger partial charge in [-0.2, -0.15) is 4.98 Å². The molecule has 1 unspecified atom stereocenters. The molecule has 3 heterocycles. The Balaban J connectivity index is 1.33. The fourth-order valence-corrected chi connectivity index (χ4v) is 4.02. The number of nitrogens with one attached hydrogen (secondary N) is 1. The average Bonchev–Trinajstić information content (AvgIpc) is 2.97. The molecule has 2 aliphatic rings. The molecule has 1 atom stereocenters. The molecule has 7 heteroatoms. The van der Waals surface area contributed by atoms with Gasteiger partial charge in [0, 0.05) is 15.7 Å². The summed E-state index contributed by atoms with van der Waals surface area (Å²) in [6, 6.07) is 4.25. The summed E-state index contributed by atoms with van der Waals surface area (Å²) in [6.45, 7) is 3.97. The van der Waals surface area contributed by atoms with Crippen LogP contribution in [0.25, 0.3) is 0 Å². The molecule has 1 aliphatic carbocycles. The van der Waals surface area contributed by atoms with Gasteiger partial charge in [0.05, 0.1) is 19.1 Å². The van der Waals surface area contributed by atoms with E-state index in [1.54, 1.807) is 11.3 Å². The predicted octanol–water partition coefficient (Wildman–Crippen LogP) is 2.77. The van der Waals surface area contributed by atoms with Crippen LogP contribution in [0.5, 0.6) is 0 Å². The summed E-state index contributed by atoms with van der Waals surface area (Å²) >= 11 is 1.72. The normalized spacial score (nSPS) is 21.3. The third-order valence-electron chi connectivity index (χ3n) is 4.65. The van der Waals surface area contributed by atoms with E-state index in [9.17, 15) is 4.79 Å². The Morgan fingerprint density at radius 2 is 2.29 bits per heavy atom. The van der Waals surface area contributed by atoms with Crippen molar-refractivity contribution in [1.82, 2.24) is 20.4 Å². The quantitative estimate of drug-likeness (QED) is 0.871. The lowest BCUT2D eigenvalue weighted by Gasteiger charge is -2.21. The molecule has 1 saturated carbocycles. The molecule has 24 heavy (non-hydrogen) atoms. The van der Waals surface area contributed by atoms with E-state index in [4.69, 9.17) is 4.52 Å². The summed E-state index contributed by atoms with van der Waals surface area (Å²) in [5.41, 5.74) is 0. The molecule has 0 radical (unpaired) electrons. The molecule has 2 fully saturated rings. The van der Waals surface area contributed by atoms with Gasteiger partial charge in [0.1, 0.15) is 0 Å². The minimum atomic E-state index is 0.0545. The van der Waals surface area contributed by atoms with Gasteiger partial charge in [0.2, 0.25) is 11.8 Å². The van der Waals surface area contributed by atoms with Crippen LogP contribution in [0, 0.1) is 6.92 Å². The first-order valence-corrected chi connectivity index (χ1v) is 9.40. The Morgan fingerprint density at radius 1 is 1.42 bits per heavy atom. The number of aromatic nitrogens is 2. The van der Waals surface area contributed by atoms with Crippen LogP contribution in [0.4, 0.5) is 0 Å². The fraction of sp³-hybridized carbons (Fsp3) is 0.588. The van der Waals surface area contributed by atoms with E-state index < -0.39 is 0 Å². The number of hydrogen-bond acceptors (Lipinski definition) is 6. The standard InChI is InChI=1S/C17H22N4O2S/c1-11-4-7-13(24-11)9-18-15(22)10-21-8-2-3-14(21)16-19-17(23-20-16)12-5-6-12/h4,7,12,14H,2-3,5-6,8-10H2,1H3,(H,18,22). The lowest BCUT2D eigenvalue weighted by molar-refractivity contribution is -0.122. The first kappa shape index (κ1) is 15.8. The SMILES string of the molecule is Cc1ccc(CNC(=O)CN2CCCC2c2noc(C3CC3)n2)s1. The van der Waals surface area contributed by atoms with Crippen LogP contribution < -0.4 is 5.32 Å². The highest BCUT2D eigenvalue weighted by atomic mass is 32.1. The number of hydrogen-bond donors (Lipinski definition) is 1. The van der Waals surface area contributed by atoms with Crippen molar-refractivity contribution < 1.29 is 9.32 Å². The van der Waals surface area contributed by atoms with Crippen molar-refractivity contribution in [2.75, 3.05) is 13.1 Å². The van der Waals surface area contributed by atoms with Gasteiger partial charge in [-0.15, -0.1) is 11.3 Å². The van der Waals surface area contributed by atoms with Gasteiger partial charge >= 0.3 is 0 Å². The molecule has 4 rings (SSSR count). The molecule has 2 aromatic heterocycles. The Bertz CT molecular complexity index is 722. The molecule has 1 N–H and O–H groups in total. The topological polar surface area (TPSA) is 71.3 Å². The molecule has 0 bridgehead atoms. The van der Waals surface area contributed by atoms with Gasteiger partial charge in [0.15, 0.2) is 5.82 Å². The summed E-state index contributed by atoms with van der Waals surface area (Å²) < 4.78 is 5.37. The number of carbonyl (C=O) groups is 1. The summed E-state index contributed by atoms with van der Waals surface area (Å²) in [7, 11) is 0. The number of aryl methyl sites for hydroxylation is 1. The average molecular weight is 346 g/mol. The minimum absolute atomic E-state index is 0.0545. The zero-order valence-electron chi connectivity index (χ0n) is 13.8. The van der Waals surface area contributed by atoms with Crippen molar-refractivity contribution in [2.24, 2.45) is 0 Å². The van der Waals surface area contributed by atoms with Crippen LogP contribution in [-0.4, -0.2) is 34.0 Å². The maximum absolute atomic E-state index is 12.3. The minimum Gasteiger partial charge on any atom is -0.350 e. The Kier molecular flexibility index (Phi) is 4.37. The number of thiophene rings is 1. The van der Waals surface area contributed by atoms with Gasteiger partial charge in [-0.25, -0.2) is 0 Å². The molecular weight excluding hydrogens is 324 g/mol. The zero-order chi connectivity index (χ0) is 16.5. The van der Waals surface area contributed by atoms with Crippen LogP contribution in [-0.2, 0) is 11.3 Å². The second-order valence-electron chi connectivity index (χ2n) is 6.68. The van der Waals surface area contributed by atoms with Crippen LogP contribution in [0.1, 0.15) is 59.1 Å². The monoisotopic (exact) mass is 346 g/mol. The third kappa shape index (κ3) is 3.52. The van der Waals surface area contributed by atoms with E-state index >= 15 is 0 Å². The van der Waals surface area contributed by atoms with Crippen LogP contribution >= 0.6 is 11.3 Å². The molecule has 0 aromatic carbocycles. The van der Waals surface area contributed by atoms with Crippen molar-refractivity contribution in [2.45, 2.75) is 51.1 Å². The van der Waals surface area contributed by atoms with Crippen LogP contribution in [0.15, 0.2) is 16.7 Å². The summed E-state index contributed by atoms with van der Waals surface area (Å²) in [5, 5.41) is 7.17. The molecule has 0 spiro atoms. The highest BCUT2D eigenvalue weighted by Gasteiger charge is 2.34. The van der Waals surface area contributed by atoms with Crippen molar-refractivity contribution >= 4 is 17.2 Å². The molecular formula is C17H22N4O2S. The highest BCUT2D eigenvalue weighted by Crippen LogP contribution is 2.40. The Morgan fingerprint density at radius 3 is 3.04 bits per heavy atom. The van der Waals surface area contributed by atoms with E-state index in [1.807, 2.05) is 0 Å². The number of carbonyl (C=O) groups excluding carboxylic acids is 1. The Hall–Kier alpha value is -1.73. The molecule has 1 amide bonds. The van der Waals surface area contributed by atoms with Crippen molar-refractivity contribution in [3.05, 3.63) is 33.6 Å². The van der Waals surface area contributed by atoms with Gasteiger partial charge < -0.3 is 9.84 Å². The maximum atomic E-state index is 12.3. The maximum Gasteiger partial charge on any atom is 0.234 e. The molecule has 1 aliphatic heterocycles.